The molecule has 2 aromatic carbocycles. The molecule has 2 heterocycles. The van der Waals surface area contributed by atoms with E-state index in [1.807, 2.05) is 41.0 Å². The summed E-state index contributed by atoms with van der Waals surface area (Å²) in [6.45, 7) is 1.72. The summed E-state index contributed by atoms with van der Waals surface area (Å²) in [5.74, 6) is -0.267. The average molecular weight is 462 g/mol. The van der Waals surface area contributed by atoms with Crippen molar-refractivity contribution in [1.29, 1.82) is 0 Å². The molecule has 3 N–H and O–H groups in total. The van der Waals surface area contributed by atoms with Gasteiger partial charge in [0.1, 0.15) is 0 Å². The Hall–Kier alpha value is -3.39. The maximum Gasteiger partial charge on any atom is 0.326 e. The molecule has 34 heavy (non-hydrogen) atoms. The Bertz CT molecular complexity index is 1230. The molecule has 0 radical (unpaired) electrons. The standard InChI is InChI=1S/C26H31N5O3/c32-24(28-21-10-4-3-9-20(21)25(33)27-18-7-1-2-8-18)17-30-15-13-19(14-16-30)31-23-12-6-5-11-22(23)29-26(31)34/h3-6,9-12,18-19H,1-2,7-8,13-17H2,(H,27,33)(H,28,32)(H,29,34). The van der Waals surface area contributed by atoms with Crippen LogP contribution in [0.4, 0.5) is 5.69 Å². The van der Waals surface area contributed by atoms with E-state index in [4.69, 9.17) is 0 Å². The molecule has 0 bridgehead atoms. The van der Waals surface area contributed by atoms with Gasteiger partial charge in [-0.3, -0.25) is 19.1 Å². The van der Waals surface area contributed by atoms with Crippen LogP contribution in [0.3, 0.4) is 0 Å². The van der Waals surface area contributed by atoms with Crippen LogP contribution in [0.25, 0.3) is 11.0 Å². The lowest BCUT2D eigenvalue weighted by molar-refractivity contribution is -0.117. The topological polar surface area (TPSA) is 99.2 Å². The Balaban J connectivity index is 1.18. The number of anilines is 1. The van der Waals surface area contributed by atoms with Gasteiger partial charge in [-0.25, -0.2) is 4.79 Å². The Morgan fingerprint density at radius 2 is 1.65 bits per heavy atom. The second kappa shape index (κ2) is 9.85. The maximum atomic E-state index is 12.8. The van der Waals surface area contributed by atoms with E-state index < -0.39 is 0 Å². The summed E-state index contributed by atoms with van der Waals surface area (Å²) in [4.78, 5) is 43.1. The third kappa shape index (κ3) is 4.77. The summed E-state index contributed by atoms with van der Waals surface area (Å²) >= 11 is 0. The van der Waals surface area contributed by atoms with Crippen molar-refractivity contribution < 1.29 is 9.59 Å². The lowest BCUT2D eigenvalue weighted by Gasteiger charge is -2.32. The van der Waals surface area contributed by atoms with E-state index in [9.17, 15) is 14.4 Å². The van der Waals surface area contributed by atoms with Gasteiger partial charge in [-0.1, -0.05) is 37.1 Å². The second-order valence-electron chi connectivity index (χ2n) is 9.37. The van der Waals surface area contributed by atoms with Crippen molar-refractivity contribution in [3.05, 3.63) is 64.6 Å². The zero-order chi connectivity index (χ0) is 23.5. The molecule has 0 spiro atoms. The van der Waals surface area contributed by atoms with E-state index in [-0.39, 0.29) is 36.1 Å². The van der Waals surface area contributed by atoms with Gasteiger partial charge in [0.25, 0.3) is 5.91 Å². The van der Waals surface area contributed by atoms with Gasteiger partial charge in [-0.15, -0.1) is 0 Å². The van der Waals surface area contributed by atoms with Gasteiger partial charge in [0.2, 0.25) is 5.91 Å². The first-order valence-corrected chi connectivity index (χ1v) is 12.2. The second-order valence-corrected chi connectivity index (χ2v) is 9.37. The quantitative estimate of drug-likeness (QED) is 0.525. The summed E-state index contributed by atoms with van der Waals surface area (Å²) in [7, 11) is 0. The number of imidazole rings is 1. The minimum absolute atomic E-state index is 0.0788. The molecule has 8 nitrogen and oxygen atoms in total. The van der Waals surface area contributed by atoms with E-state index >= 15 is 0 Å². The van der Waals surface area contributed by atoms with Crippen molar-refractivity contribution >= 4 is 28.5 Å². The molecule has 1 saturated carbocycles. The van der Waals surface area contributed by atoms with Crippen molar-refractivity contribution in [2.24, 2.45) is 0 Å². The van der Waals surface area contributed by atoms with Crippen LogP contribution in [-0.4, -0.2) is 51.9 Å². The first kappa shape index (κ1) is 22.4. The Kier molecular flexibility index (Phi) is 6.49. The van der Waals surface area contributed by atoms with Gasteiger partial charge in [0.05, 0.1) is 28.8 Å². The number of nitrogens with one attached hydrogen (secondary N) is 3. The van der Waals surface area contributed by atoms with Crippen molar-refractivity contribution in [2.45, 2.75) is 50.6 Å². The highest BCUT2D eigenvalue weighted by Crippen LogP contribution is 2.25. The molecule has 3 aromatic rings. The van der Waals surface area contributed by atoms with Crippen LogP contribution >= 0.6 is 0 Å². The molecule has 2 amide bonds. The number of amides is 2. The highest BCUT2D eigenvalue weighted by atomic mass is 16.2. The summed E-state index contributed by atoms with van der Waals surface area (Å²) in [6, 6.07) is 15.2. The molecule has 1 saturated heterocycles. The number of H-pyrrole nitrogens is 1. The molecule has 2 fully saturated rings. The normalized spacial score (nSPS) is 17.8. The molecule has 5 rings (SSSR count). The number of aromatic amines is 1. The number of aromatic nitrogens is 2. The van der Waals surface area contributed by atoms with Gasteiger partial charge >= 0.3 is 5.69 Å². The van der Waals surface area contributed by atoms with Gasteiger partial charge in [-0.2, -0.15) is 0 Å². The summed E-state index contributed by atoms with van der Waals surface area (Å²) in [6.07, 6.45) is 5.93. The highest BCUT2D eigenvalue weighted by molar-refractivity contribution is 6.04. The van der Waals surface area contributed by atoms with Gasteiger partial charge in [0, 0.05) is 25.2 Å². The number of rotatable bonds is 6. The first-order chi connectivity index (χ1) is 16.6. The fourth-order valence-electron chi connectivity index (χ4n) is 5.29. The predicted octanol–water partition coefficient (Wildman–Crippen LogP) is 3.28. The van der Waals surface area contributed by atoms with Gasteiger partial charge < -0.3 is 15.6 Å². The van der Waals surface area contributed by atoms with Gasteiger partial charge in [-0.05, 0) is 49.9 Å². The number of hydrogen-bond acceptors (Lipinski definition) is 4. The number of hydrogen-bond donors (Lipinski definition) is 3. The lowest BCUT2D eigenvalue weighted by Crippen LogP contribution is -2.41. The average Bonchev–Trinajstić information content (AvgIpc) is 3.46. The molecular formula is C26H31N5O3. The van der Waals surface area contributed by atoms with E-state index in [1.165, 1.54) is 0 Å². The number of carbonyl (C=O) groups is 2. The van der Waals surface area contributed by atoms with Crippen molar-refractivity contribution in [1.82, 2.24) is 19.8 Å². The fourth-order valence-corrected chi connectivity index (χ4v) is 5.29. The SMILES string of the molecule is O=C(CN1CCC(n2c(=O)[nH]c3ccccc32)CC1)Nc1ccccc1C(=O)NC1CCCC1. The fraction of sp³-hybridized carbons (Fsp3) is 0.423. The molecule has 2 aliphatic rings. The van der Waals surface area contributed by atoms with Crippen LogP contribution in [0.1, 0.15) is 54.9 Å². The van der Waals surface area contributed by atoms with Gasteiger partial charge in [0.15, 0.2) is 0 Å². The lowest BCUT2D eigenvalue weighted by atomic mass is 10.0. The number of benzene rings is 2. The van der Waals surface area contributed by atoms with Crippen molar-refractivity contribution in [3.63, 3.8) is 0 Å². The number of nitrogens with zero attached hydrogens (tertiary/aromatic N) is 2. The largest absolute Gasteiger partial charge is 0.349 e. The molecule has 1 aromatic heterocycles. The number of para-hydroxylation sites is 3. The van der Waals surface area contributed by atoms with E-state index in [0.29, 0.717) is 11.3 Å². The summed E-state index contributed by atoms with van der Waals surface area (Å²) in [5, 5.41) is 6.03. The van der Waals surface area contributed by atoms with Crippen LogP contribution in [0.15, 0.2) is 53.3 Å². The third-order valence-corrected chi connectivity index (χ3v) is 7.05. The van der Waals surface area contributed by atoms with E-state index in [1.54, 1.807) is 12.1 Å². The number of likely N-dealkylation sites (tertiary alicyclic amines) is 1. The molecule has 178 valence electrons. The Morgan fingerprint density at radius 1 is 0.941 bits per heavy atom. The van der Waals surface area contributed by atoms with Crippen LogP contribution in [0.2, 0.25) is 0 Å². The van der Waals surface area contributed by atoms with Crippen LogP contribution < -0.4 is 16.3 Å². The number of piperidine rings is 1. The first-order valence-electron chi connectivity index (χ1n) is 12.2. The summed E-state index contributed by atoms with van der Waals surface area (Å²) in [5.41, 5.74) is 2.74. The van der Waals surface area contributed by atoms with Crippen molar-refractivity contribution in [2.75, 3.05) is 25.0 Å². The number of carbonyl (C=O) groups excluding carboxylic acids is 2. The predicted molar refractivity (Wildman–Crippen MR) is 132 cm³/mol. The third-order valence-electron chi connectivity index (χ3n) is 7.05. The minimum atomic E-state index is -0.135. The maximum absolute atomic E-state index is 12.8. The molecule has 1 aliphatic carbocycles. The number of fused-ring (bicyclic) bond motifs is 1. The molecular weight excluding hydrogens is 430 g/mol. The smallest absolute Gasteiger partial charge is 0.326 e. The van der Waals surface area contributed by atoms with E-state index in [0.717, 1.165) is 62.6 Å². The summed E-state index contributed by atoms with van der Waals surface area (Å²) < 4.78 is 1.85. The van der Waals surface area contributed by atoms with Crippen LogP contribution in [0, 0.1) is 0 Å². The zero-order valence-electron chi connectivity index (χ0n) is 19.3. The van der Waals surface area contributed by atoms with Crippen molar-refractivity contribution in [3.8, 4) is 0 Å². The zero-order valence-corrected chi connectivity index (χ0v) is 19.3. The molecule has 8 heteroatoms. The Labute approximate surface area is 198 Å². The monoisotopic (exact) mass is 461 g/mol. The molecule has 0 unspecified atom stereocenters. The Morgan fingerprint density at radius 3 is 2.44 bits per heavy atom. The van der Waals surface area contributed by atoms with Crippen LogP contribution in [0.5, 0.6) is 0 Å². The molecule has 1 aliphatic heterocycles. The minimum Gasteiger partial charge on any atom is -0.349 e. The highest BCUT2D eigenvalue weighted by Gasteiger charge is 2.25. The molecule has 0 atom stereocenters. The van der Waals surface area contributed by atoms with E-state index in [2.05, 4.69) is 20.5 Å². The van der Waals surface area contributed by atoms with Crippen LogP contribution in [-0.2, 0) is 4.79 Å².